The molecule has 0 saturated carbocycles. The third kappa shape index (κ3) is 21.0. The number of hydrogen-bond acceptors (Lipinski definition) is 24. The summed E-state index contributed by atoms with van der Waals surface area (Å²) in [4.78, 5) is 65.1. The van der Waals surface area contributed by atoms with Gasteiger partial charge in [0, 0.05) is 105 Å². The average molecular weight is 1640 g/mol. The van der Waals surface area contributed by atoms with Gasteiger partial charge >= 0.3 is 19.5 Å². The summed E-state index contributed by atoms with van der Waals surface area (Å²) < 4.78 is 132. The monoisotopic (exact) mass is 1640 g/mol. The Morgan fingerprint density at radius 3 is 1.25 bits per heavy atom. The number of nitrogens with one attached hydrogen (secondary N) is 3. The van der Waals surface area contributed by atoms with Crippen LogP contribution in [0.5, 0.6) is 0 Å². The molecule has 37 heteroatoms. The number of anilines is 5. The van der Waals surface area contributed by atoms with Gasteiger partial charge in [0.2, 0.25) is 15.9 Å². The summed E-state index contributed by atoms with van der Waals surface area (Å²) in [6.45, 7) is 23.9. The Labute approximate surface area is 663 Å². The lowest BCUT2D eigenvalue weighted by Crippen LogP contribution is -2.41. The number of ether oxygens (including phenoxy) is 4. The van der Waals surface area contributed by atoms with Crippen LogP contribution >= 0.6 is 46.4 Å². The number of carbonyl (C=O) groups excluding carboxylic acids is 2. The van der Waals surface area contributed by atoms with Crippen molar-refractivity contribution in [1.29, 1.82) is 0 Å². The topological polar surface area (TPSA) is 291 Å². The first-order valence-corrected chi connectivity index (χ1v) is 37.0. The van der Waals surface area contributed by atoms with Crippen LogP contribution in [-0.2, 0) is 40.6 Å². The minimum absolute atomic E-state index is 0.0717. The fraction of sp³-hybridized carbons (Fsp3) is 0.342. The first kappa shape index (κ1) is 82.7. The van der Waals surface area contributed by atoms with Crippen LogP contribution in [0.1, 0.15) is 70.7 Å². The molecule has 2 amide bonds. The number of hydrogen-bond donors (Lipinski definition) is 3. The summed E-state index contributed by atoms with van der Waals surface area (Å²) in [7, 11) is -0.606. The molecule has 0 spiro atoms. The quantitative estimate of drug-likeness (QED) is 0.0523. The Morgan fingerprint density at radius 2 is 0.832 bits per heavy atom. The summed E-state index contributed by atoms with van der Waals surface area (Å²) in [5.74, 6) is 1.35. The highest BCUT2D eigenvalue weighted by atomic mass is 35.5. The van der Waals surface area contributed by atoms with Crippen molar-refractivity contribution in [2.24, 2.45) is 0 Å². The van der Waals surface area contributed by atoms with Gasteiger partial charge in [-0.25, -0.2) is 29.9 Å². The Bertz CT molecular complexity index is 5160. The summed E-state index contributed by atoms with van der Waals surface area (Å²) in [6, 6.07) is 26.0. The Balaban J connectivity index is 0.000000135. The maximum absolute atomic E-state index is 13.0. The Morgan fingerprint density at radius 1 is 0.451 bits per heavy atom. The molecule has 26 nitrogen and oxygen atoms in total. The van der Waals surface area contributed by atoms with Gasteiger partial charge in [0.05, 0.1) is 100 Å². The van der Waals surface area contributed by atoms with E-state index in [4.69, 9.17) is 97.3 Å². The summed E-state index contributed by atoms with van der Waals surface area (Å²) in [5.41, 5.74) is 6.32. The fourth-order valence-corrected chi connectivity index (χ4v) is 12.6. The molecular weight excluding hydrogens is 1570 g/mol. The highest BCUT2D eigenvalue weighted by molar-refractivity contribution is 6.62. The van der Waals surface area contributed by atoms with Gasteiger partial charge in [-0.05, 0) is 148 Å². The van der Waals surface area contributed by atoms with Gasteiger partial charge in [-0.2, -0.15) is 36.3 Å². The highest BCUT2D eigenvalue weighted by Gasteiger charge is 2.52. The molecule has 5 aliphatic rings. The Hall–Kier alpha value is -9.78. The van der Waals surface area contributed by atoms with E-state index < -0.39 is 53.6 Å². The molecule has 113 heavy (non-hydrogen) atoms. The van der Waals surface area contributed by atoms with Crippen molar-refractivity contribution in [2.45, 2.75) is 65.1 Å². The van der Waals surface area contributed by atoms with Crippen molar-refractivity contribution in [3.05, 3.63) is 189 Å². The number of morpholine rings is 4. The van der Waals surface area contributed by atoms with E-state index in [0.717, 1.165) is 116 Å². The van der Waals surface area contributed by atoms with Gasteiger partial charge in [0.15, 0.2) is 50.8 Å². The average Bonchev–Trinajstić information content (AvgIpc) is 1.59. The summed E-state index contributed by atoms with van der Waals surface area (Å²) in [6.07, 6.45) is -2.80. The van der Waals surface area contributed by atoms with E-state index in [1.165, 1.54) is 30.5 Å². The van der Waals surface area contributed by atoms with Gasteiger partial charge in [-0.15, -0.1) is 0 Å². The zero-order valence-corrected chi connectivity index (χ0v) is 64.7. The molecule has 594 valence electrons. The van der Waals surface area contributed by atoms with Crippen molar-refractivity contribution in [3.8, 4) is 11.4 Å². The van der Waals surface area contributed by atoms with Crippen LogP contribution in [-0.4, -0.2) is 175 Å². The molecule has 0 unspecified atom stereocenters. The number of fused-ring (bicyclic) bond motifs is 4. The van der Waals surface area contributed by atoms with Crippen LogP contribution in [0.4, 0.5) is 55.2 Å². The summed E-state index contributed by atoms with van der Waals surface area (Å²) >= 11 is 23.0. The SMILES string of the molecule is C1COCCN1.Cc1ccc(NC(=O)c2cccc(C(F)(F)F)c2)cc1-c1nc(N2CCOCC2)c2occc2n1.Cc1ccc(NC(=O)c2cccc(C(F)(F)F)c2)cc1B1OC(C)(C)C(C)(C)O1.Clc1nc(Cl)c2occc2n1.Clc1nc(N2CCOCC2)c2occc2n1.Clc1nc(N2CCOCC2)c2occc2n1. The molecule has 0 radical (unpaired) electrons. The molecule has 12 aromatic rings. The minimum Gasteiger partial charge on any atom is -0.459 e. The number of aromatic nitrogens is 8. The van der Waals surface area contributed by atoms with E-state index in [9.17, 15) is 35.9 Å². The van der Waals surface area contributed by atoms with Gasteiger partial charge in [-0.3, -0.25) is 9.59 Å². The van der Waals surface area contributed by atoms with Crippen LogP contribution < -0.4 is 36.1 Å². The number of amides is 2. The molecule has 13 heterocycles. The zero-order chi connectivity index (χ0) is 80.2. The molecule has 3 N–H and O–H groups in total. The molecule has 5 saturated heterocycles. The summed E-state index contributed by atoms with van der Waals surface area (Å²) in [5, 5.41) is 9.35. The second-order valence-electron chi connectivity index (χ2n) is 26.7. The van der Waals surface area contributed by atoms with Crippen LogP contribution in [0.2, 0.25) is 21.0 Å². The molecule has 4 aromatic carbocycles. The third-order valence-corrected chi connectivity index (χ3v) is 19.3. The molecule has 0 atom stereocenters. The minimum atomic E-state index is -4.53. The third-order valence-electron chi connectivity index (χ3n) is 18.5. The largest absolute Gasteiger partial charge is 0.495 e. The van der Waals surface area contributed by atoms with E-state index >= 15 is 0 Å². The van der Waals surface area contributed by atoms with Crippen LogP contribution in [0.25, 0.3) is 55.8 Å². The van der Waals surface area contributed by atoms with Gasteiger partial charge in [0.1, 0.15) is 22.1 Å². The van der Waals surface area contributed by atoms with Crippen LogP contribution in [0, 0.1) is 13.8 Å². The number of rotatable bonds is 9. The van der Waals surface area contributed by atoms with E-state index in [1.807, 2.05) is 47.6 Å². The lowest BCUT2D eigenvalue weighted by molar-refractivity contribution is -0.138. The number of benzene rings is 4. The molecule has 5 fully saturated rings. The number of aryl methyl sites for hydroxylation is 2. The molecule has 0 bridgehead atoms. The predicted molar refractivity (Wildman–Crippen MR) is 416 cm³/mol. The molecular formula is C76H75BCl4F6N14O12. The lowest BCUT2D eigenvalue weighted by Gasteiger charge is -2.32. The van der Waals surface area contributed by atoms with Crippen LogP contribution in [0.15, 0.2) is 152 Å². The van der Waals surface area contributed by atoms with Crippen molar-refractivity contribution >= 4 is 144 Å². The van der Waals surface area contributed by atoms with Crippen molar-refractivity contribution < 1.29 is 81.9 Å². The van der Waals surface area contributed by atoms with Gasteiger partial charge in [0.25, 0.3) is 11.8 Å². The van der Waals surface area contributed by atoms with Gasteiger partial charge in [-0.1, -0.05) is 41.4 Å². The normalized spacial score (nSPS) is 16.2. The fourth-order valence-electron chi connectivity index (χ4n) is 11.9. The predicted octanol–water partition coefficient (Wildman–Crippen LogP) is 15.4. The standard InChI is InChI=1S/C25H21F3N4O3.C21H23BF3NO3.2C10H10ClN3O2.C6H2Cl2N2O.C4H9NO/c1-15-5-6-18(29-24(33)16-3-2-4-17(13-16)25(26,27)28)14-19(15)22-30-20-7-10-35-21(20)23(31-22)32-8-11-34-12-9-32;1-13-9-10-16(12-17(13)22-28-19(2,3)20(4,5)29-22)26-18(27)14-7-6-8-15(11-14)21(23,24)25;2*11-10-12-7-1-4-16-8(7)9(13-10)14-2-5-15-6-3-14;7-5-4-3(1-2-11-4)9-6(8)10-5;1-3-6-4-2-5-1/h2-7,10,13-14H,8-9,11-12H2,1H3,(H,29,33);6-12H,1-5H3,(H,26,27);2*1,4H,2-3,5-6H2;1-2H;5H,1-4H2. The van der Waals surface area contributed by atoms with Crippen LogP contribution in [0.3, 0.4) is 0 Å². The second kappa shape index (κ2) is 36.6. The molecule has 5 aliphatic heterocycles. The first-order chi connectivity index (χ1) is 54.0. The number of nitrogens with zero attached hydrogens (tertiary/aromatic N) is 11. The maximum atomic E-state index is 13.0. The smallest absolute Gasteiger partial charge is 0.459 e. The first-order valence-electron chi connectivity index (χ1n) is 35.5. The molecule has 8 aromatic heterocycles. The van der Waals surface area contributed by atoms with Crippen molar-refractivity contribution in [2.75, 3.05) is 131 Å². The number of alkyl halides is 6. The second-order valence-corrected chi connectivity index (χ2v) is 28.1. The van der Waals surface area contributed by atoms with Gasteiger partial charge < -0.3 is 76.6 Å². The number of halogens is 10. The Kier molecular flexibility index (Phi) is 26.8. The van der Waals surface area contributed by atoms with Crippen molar-refractivity contribution in [1.82, 2.24) is 45.2 Å². The van der Waals surface area contributed by atoms with Crippen molar-refractivity contribution in [3.63, 3.8) is 0 Å². The zero-order valence-electron chi connectivity index (χ0n) is 61.7. The number of carbonyl (C=O) groups is 2. The highest BCUT2D eigenvalue weighted by Crippen LogP contribution is 2.39. The molecule has 0 aliphatic carbocycles. The maximum Gasteiger partial charge on any atom is 0.495 e. The van der Waals surface area contributed by atoms with E-state index in [2.05, 4.69) is 65.5 Å². The molecule has 17 rings (SSSR count). The number of furan rings is 4. The van der Waals surface area contributed by atoms with E-state index in [-0.39, 0.29) is 32.1 Å². The van der Waals surface area contributed by atoms with E-state index in [1.54, 1.807) is 73.4 Å². The lowest BCUT2D eigenvalue weighted by atomic mass is 9.76. The van der Waals surface area contributed by atoms with E-state index in [0.29, 0.717) is 115 Å².